The van der Waals surface area contributed by atoms with Gasteiger partial charge in [0.2, 0.25) is 0 Å². The lowest BCUT2D eigenvalue weighted by Crippen LogP contribution is -2.46. The van der Waals surface area contributed by atoms with Crippen molar-refractivity contribution in [2.75, 3.05) is 5.32 Å². The Kier molecular flexibility index (Phi) is 3.99. The SMILES string of the molecule is Cc1cccc(C#N)c1NC1CCCCC1(C)C(=O)O. The van der Waals surface area contributed by atoms with E-state index in [9.17, 15) is 15.2 Å². The summed E-state index contributed by atoms with van der Waals surface area (Å²) in [5.41, 5.74) is 1.55. The van der Waals surface area contributed by atoms with Gasteiger partial charge in [-0.25, -0.2) is 0 Å². The molecule has 1 saturated carbocycles. The van der Waals surface area contributed by atoms with Gasteiger partial charge in [0.25, 0.3) is 0 Å². The van der Waals surface area contributed by atoms with Crippen molar-refractivity contribution in [3.05, 3.63) is 29.3 Å². The summed E-state index contributed by atoms with van der Waals surface area (Å²) in [5, 5.41) is 22.1. The van der Waals surface area contributed by atoms with Crippen LogP contribution in [0.3, 0.4) is 0 Å². The Labute approximate surface area is 119 Å². The predicted molar refractivity (Wildman–Crippen MR) is 77.5 cm³/mol. The topological polar surface area (TPSA) is 73.1 Å². The van der Waals surface area contributed by atoms with E-state index < -0.39 is 11.4 Å². The number of nitrogens with zero attached hydrogens (tertiary/aromatic N) is 1. The number of nitrogens with one attached hydrogen (secondary N) is 1. The molecule has 1 aliphatic carbocycles. The van der Waals surface area contributed by atoms with Gasteiger partial charge in [-0.2, -0.15) is 5.26 Å². The van der Waals surface area contributed by atoms with Crippen molar-refractivity contribution < 1.29 is 9.90 Å². The summed E-state index contributed by atoms with van der Waals surface area (Å²) in [7, 11) is 0. The van der Waals surface area contributed by atoms with Crippen LogP contribution in [-0.2, 0) is 4.79 Å². The molecule has 0 radical (unpaired) electrons. The number of aliphatic carboxylic acids is 1. The third kappa shape index (κ3) is 2.49. The van der Waals surface area contributed by atoms with Crippen molar-refractivity contribution >= 4 is 11.7 Å². The predicted octanol–water partition coefficient (Wildman–Crippen LogP) is 3.31. The van der Waals surface area contributed by atoms with Crippen LogP contribution in [0.2, 0.25) is 0 Å². The fraction of sp³-hybridized carbons (Fsp3) is 0.500. The molecule has 1 aromatic rings. The average molecular weight is 272 g/mol. The van der Waals surface area contributed by atoms with Gasteiger partial charge in [0.1, 0.15) is 6.07 Å². The lowest BCUT2D eigenvalue weighted by atomic mass is 9.71. The van der Waals surface area contributed by atoms with Crippen LogP contribution in [0.1, 0.15) is 43.7 Å². The van der Waals surface area contributed by atoms with Crippen molar-refractivity contribution in [3.8, 4) is 6.07 Å². The maximum Gasteiger partial charge on any atom is 0.311 e. The molecule has 0 aliphatic heterocycles. The van der Waals surface area contributed by atoms with Crippen LogP contribution >= 0.6 is 0 Å². The van der Waals surface area contributed by atoms with E-state index >= 15 is 0 Å². The molecule has 0 saturated heterocycles. The normalized spacial score (nSPS) is 25.8. The molecule has 4 heteroatoms. The number of para-hydroxylation sites is 1. The Morgan fingerprint density at radius 1 is 1.50 bits per heavy atom. The van der Waals surface area contributed by atoms with E-state index in [2.05, 4.69) is 11.4 Å². The molecule has 1 aromatic carbocycles. The highest BCUT2D eigenvalue weighted by molar-refractivity contribution is 5.76. The molecule has 1 fully saturated rings. The van der Waals surface area contributed by atoms with Crippen LogP contribution in [0.15, 0.2) is 18.2 Å². The number of carboxylic acid groups (broad SMARTS) is 1. The summed E-state index contributed by atoms with van der Waals surface area (Å²) in [4.78, 5) is 11.6. The van der Waals surface area contributed by atoms with Crippen LogP contribution in [0.4, 0.5) is 5.69 Å². The molecule has 0 heterocycles. The molecular weight excluding hydrogens is 252 g/mol. The molecule has 20 heavy (non-hydrogen) atoms. The second-order valence-corrected chi connectivity index (χ2v) is 5.77. The van der Waals surface area contributed by atoms with E-state index in [0.717, 1.165) is 30.5 Å². The molecule has 0 aromatic heterocycles. The first-order valence-electron chi connectivity index (χ1n) is 6.98. The fourth-order valence-electron chi connectivity index (χ4n) is 2.95. The molecule has 0 bridgehead atoms. The van der Waals surface area contributed by atoms with Gasteiger partial charge >= 0.3 is 5.97 Å². The van der Waals surface area contributed by atoms with E-state index in [1.807, 2.05) is 19.1 Å². The zero-order valence-corrected chi connectivity index (χ0v) is 11.9. The molecule has 106 valence electrons. The third-order valence-corrected chi connectivity index (χ3v) is 4.41. The van der Waals surface area contributed by atoms with Crippen LogP contribution in [-0.4, -0.2) is 17.1 Å². The number of nitriles is 1. The monoisotopic (exact) mass is 272 g/mol. The molecule has 0 amide bonds. The minimum Gasteiger partial charge on any atom is -0.481 e. The van der Waals surface area contributed by atoms with Gasteiger partial charge in [-0.05, 0) is 38.3 Å². The van der Waals surface area contributed by atoms with Crippen molar-refractivity contribution in [2.45, 2.75) is 45.6 Å². The van der Waals surface area contributed by atoms with Gasteiger partial charge in [-0.3, -0.25) is 4.79 Å². The number of aryl methyl sites for hydroxylation is 1. The smallest absolute Gasteiger partial charge is 0.311 e. The minimum absolute atomic E-state index is 0.137. The standard InChI is InChI=1S/C16H20N2O2/c1-11-6-5-7-12(10-17)14(11)18-13-8-3-4-9-16(13,2)15(19)20/h5-7,13,18H,3-4,8-9H2,1-2H3,(H,19,20). The number of carbonyl (C=O) groups is 1. The van der Waals surface area contributed by atoms with Crippen LogP contribution in [0, 0.1) is 23.7 Å². The summed E-state index contributed by atoms with van der Waals surface area (Å²) in [6.07, 6.45) is 3.46. The highest BCUT2D eigenvalue weighted by atomic mass is 16.4. The number of rotatable bonds is 3. The van der Waals surface area contributed by atoms with Gasteiger partial charge in [0.05, 0.1) is 16.7 Å². The average Bonchev–Trinajstić information content (AvgIpc) is 2.43. The molecule has 2 atom stereocenters. The quantitative estimate of drug-likeness (QED) is 0.885. The van der Waals surface area contributed by atoms with E-state index in [1.165, 1.54) is 0 Å². The Morgan fingerprint density at radius 3 is 2.90 bits per heavy atom. The van der Waals surface area contributed by atoms with Crippen LogP contribution in [0.5, 0.6) is 0 Å². The molecule has 2 rings (SSSR count). The zero-order chi connectivity index (χ0) is 14.8. The van der Waals surface area contributed by atoms with Gasteiger partial charge in [0, 0.05) is 6.04 Å². The van der Waals surface area contributed by atoms with E-state index in [-0.39, 0.29) is 6.04 Å². The lowest BCUT2D eigenvalue weighted by molar-refractivity contribution is -0.150. The number of carboxylic acids is 1. The van der Waals surface area contributed by atoms with Crippen molar-refractivity contribution in [2.24, 2.45) is 5.41 Å². The lowest BCUT2D eigenvalue weighted by Gasteiger charge is -2.39. The van der Waals surface area contributed by atoms with E-state index in [0.29, 0.717) is 12.0 Å². The molecule has 2 unspecified atom stereocenters. The van der Waals surface area contributed by atoms with Crippen molar-refractivity contribution in [3.63, 3.8) is 0 Å². The van der Waals surface area contributed by atoms with Crippen molar-refractivity contribution in [1.82, 2.24) is 0 Å². The highest BCUT2D eigenvalue weighted by Gasteiger charge is 2.43. The highest BCUT2D eigenvalue weighted by Crippen LogP contribution is 2.39. The van der Waals surface area contributed by atoms with Gasteiger partial charge in [-0.15, -0.1) is 0 Å². The van der Waals surface area contributed by atoms with Crippen molar-refractivity contribution in [1.29, 1.82) is 5.26 Å². The largest absolute Gasteiger partial charge is 0.481 e. The summed E-state index contributed by atoms with van der Waals surface area (Å²) in [6, 6.07) is 7.57. The summed E-state index contributed by atoms with van der Waals surface area (Å²) in [5.74, 6) is -0.762. The first-order chi connectivity index (χ1) is 9.49. The third-order valence-electron chi connectivity index (χ3n) is 4.41. The number of benzene rings is 1. The van der Waals surface area contributed by atoms with Crippen LogP contribution in [0.25, 0.3) is 0 Å². The first kappa shape index (κ1) is 14.4. The van der Waals surface area contributed by atoms with E-state index in [1.54, 1.807) is 13.0 Å². The Balaban J connectivity index is 2.33. The maximum absolute atomic E-state index is 11.6. The Bertz CT molecular complexity index is 562. The molecule has 4 nitrogen and oxygen atoms in total. The molecule has 2 N–H and O–H groups in total. The number of hydrogen-bond acceptors (Lipinski definition) is 3. The minimum atomic E-state index is -0.771. The van der Waals surface area contributed by atoms with E-state index in [4.69, 9.17) is 0 Å². The molecular formula is C16H20N2O2. The zero-order valence-electron chi connectivity index (χ0n) is 11.9. The van der Waals surface area contributed by atoms with Gasteiger partial charge in [-0.1, -0.05) is 25.0 Å². The Hall–Kier alpha value is -2.02. The number of hydrogen-bond donors (Lipinski definition) is 2. The second-order valence-electron chi connectivity index (χ2n) is 5.77. The summed E-state index contributed by atoms with van der Waals surface area (Å²) in [6.45, 7) is 3.74. The first-order valence-corrected chi connectivity index (χ1v) is 6.98. The number of anilines is 1. The second kappa shape index (κ2) is 5.54. The van der Waals surface area contributed by atoms with Gasteiger partial charge in [0.15, 0.2) is 0 Å². The van der Waals surface area contributed by atoms with Gasteiger partial charge < -0.3 is 10.4 Å². The maximum atomic E-state index is 11.6. The Morgan fingerprint density at radius 2 is 2.25 bits per heavy atom. The fourth-order valence-corrected chi connectivity index (χ4v) is 2.95. The summed E-state index contributed by atoms with van der Waals surface area (Å²) < 4.78 is 0. The summed E-state index contributed by atoms with van der Waals surface area (Å²) >= 11 is 0. The van der Waals surface area contributed by atoms with Crippen LogP contribution < -0.4 is 5.32 Å². The molecule has 0 spiro atoms. The molecule has 1 aliphatic rings.